The molecule has 1 aromatic heterocycles. The molecule has 0 unspecified atom stereocenters. The van der Waals surface area contributed by atoms with Crippen molar-refractivity contribution in [3.05, 3.63) is 59.7 Å². The minimum atomic E-state index is 0.0357. The van der Waals surface area contributed by atoms with E-state index in [1.807, 2.05) is 49.3 Å². The summed E-state index contributed by atoms with van der Waals surface area (Å²) in [7, 11) is 4.03. The number of nitrogens with zero attached hydrogens (tertiary/aromatic N) is 3. The second-order valence-corrected chi connectivity index (χ2v) is 10.4. The van der Waals surface area contributed by atoms with Crippen LogP contribution in [0.4, 0.5) is 11.8 Å². The summed E-state index contributed by atoms with van der Waals surface area (Å²) in [6, 6.07) is 16.7. The standard InChI is InChI=1S/C30H41N5O/c1-4-5-6-7-10-22-13-17-24(18-14-22)29(36)31-21-23-15-19-25(20-16-23)32-30-33-27-12-9-8-11-26(27)28(34-30)35(2)3/h8-9,11-14,17-18,23,25H,4-7,10,15-16,19-21H2,1-3H3,(H,31,36)(H,32,33,34). The van der Waals surface area contributed by atoms with E-state index in [-0.39, 0.29) is 5.91 Å². The van der Waals surface area contributed by atoms with Gasteiger partial charge in [-0.15, -0.1) is 0 Å². The summed E-state index contributed by atoms with van der Waals surface area (Å²) in [6.07, 6.45) is 10.4. The molecule has 0 atom stereocenters. The van der Waals surface area contributed by atoms with Gasteiger partial charge in [-0.25, -0.2) is 4.98 Å². The molecule has 0 radical (unpaired) electrons. The van der Waals surface area contributed by atoms with Crippen LogP contribution in [0, 0.1) is 5.92 Å². The fraction of sp³-hybridized carbons (Fsp3) is 0.500. The van der Waals surface area contributed by atoms with Crippen LogP contribution in [0.3, 0.4) is 0 Å². The molecule has 0 saturated heterocycles. The zero-order valence-electron chi connectivity index (χ0n) is 22.1. The van der Waals surface area contributed by atoms with Crippen molar-refractivity contribution in [2.75, 3.05) is 30.9 Å². The molecule has 0 spiro atoms. The average molecular weight is 488 g/mol. The number of rotatable bonds is 11. The summed E-state index contributed by atoms with van der Waals surface area (Å²) in [6.45, 7) is 2.97. The predicted molar refractivity (Wildman–Crippen MR) is 150 cm³/mol. The second-order valence-electron chi connectivity index (χ2n) is 10.4. The lowest BCUT2D eigenvalue weighted by atomic mass is 9.86. The second kappa shape index (κ2) is 12.7. The fourth-order valence-corrected chi connectivity index (χ4v) is 5.08. The lowest BCUT2D eigenvalue weighted by molar-refractivity contribution is 0.0943. The number of benzene rings is 2. The van der Waals surface area contributed by atoms with E-state index in [9.17, 15) is 4.79 Å². The van der Waals surface area contributed by atoms with Gasteiger partial charge in [0.1, 0.15) is 5.82 Å². The van der Waals surface area contributed by atoms with Crippen LogP contribution in [-0.4, -0.2) is 42.6 Å². The number of aromatic nitrogens is 2. The maximum Gasteiger partial charge on any atom is 0.251 e. The van der Waals surface area contributed by atoms with Gasteiger partial charge in [-0.3, -0.25) is 4.79 Å². The molecule has 1 fully saturated rings. The third-order valence-electron chi connectivity index (χ3n) is 7.27. The summed E-state index contributed by atoms with van der Waals surface area (Å²) in [4.78, 5) is 24.2. The van der Waals surface area contributed by atoms with Crippen LogP contribution in [0.25, 0.3) is 10.9 Å². The van der Waals surface area contributed by atoms with Crippen LogP contribution in [0.2, 0.25) is 0 Å². The van der Waals surface area contributed by atoms with E-state index in [1.54, 1.807) is 0 Å². The molecule has 3 aromatic rings. The van der Waals surface area contributed by atoms with Crippen molar-refractivity contribution in [1.82, 2.24) is 15.3 Å². The smallest absolute Gasteiger partial charge is 0.251 e. The van der Waals surface area contributed by atoms with Crippen LogP contribution < -0.4 is 15.5 Å². The van der Waals surface area contributed by atoms with Crippen LogP contribution in [0.5, 0.6) is 0 Å². The molecular weight excluding hydrogens is 446 g/mol. The van der Waals surface area contributed by atoms with E-state index in [4.69, 9.17) is 9.97 Å². The number of hydrogen-bond acceptors (Lipinski definition) is 5. The zero-order chi connectivity index (χ0) is 25.3. The molecule has 1 saturated carbocycles. The van der Waals surface area contributed by atoms with Gasteiger partial charge in [0.2, 0.25) is 5.95 Å². The third kappa shape index (κ3) is 6.96. The number of fused-ring (bicyclic) bond motifs is 1. The van der Waals surface area contributed by atoms with Crippen LogP contribution in [0.15, 0.2) is 48.5 Å². The monoisotopic (exact) mass is 487 g/mol. The van der Waals surface area contributed by atoms with E-state index >= 15 is 0 Å². The van der Waals surface area contributed by atoms with Gasteiger partial charge in [-0.2, -0.15) is 4.98 Å². The first-order chi connectivity index (χ1) is 17.5. The van der Waals surface area contributed by atoms with E-state index in [0.29, 0.717) is 17.9 Å². The highest BCUT2D eigenvalue weighted by atomic mass is 16.1. The Bertz CT molecular complexity index is 1120. The SMILES string of the molecule is CCCCCCc1ccc(C(=O)NCC2CCC(Nc3nc(N(C)C)c4ccccc4n3)CC2)cc1. The van der Waals surface area contributed by atoms with Gasteiger partial charge < -0.3 is 15.5 Å². The molecule has 1 amide bonds. The number of nitrogens with one attached hydrogen (secondary N) is 2. The van der Waals surface area contributed by atoms with Crippen LogP contribution in [-0.2, 0) is 6.42 Å². The summed E-state index contributed by atoms with van der Waals surface area (Å²) < 4.78 is 0. The predicted octanol–water partition coefficient (Wildman–Crippen LogP) is 6.22. The van der Waals surface area contributed by atoms with Crippen LogP contribution in [0.1, 0.15) is 74.2 Å². The lowest BCUT2D eigenvalue weighted by Crippen LogP contribution is -2.34. The molecular formula is C30H41N5O. The first kappa shape index (κ1) is 25.9. The topological polar surface area (TPSA) is 70.2 Å². The van der Waals surface area contributed by atoms with Crippen molar-refractivity contribution in [2.24, 2.45) is 5.92 Å². The lowest BCUT2D eigenvalue weighted by Gasteiger charge is -2.29. The quantitative estimate of drug-likeness (QED) is 0.314. The molecule has 1 aliphatic carbocycles. The number of carbonyl (C=O) groups excluding carboxylic acids is 1. The molecule has 0 bridgehead atoms. The Morgan fingerprint density at radius 3 is 2.42 bits per heavy atom. The Hall–Kier alpha value is -3.15. The summed E-state index contributed by atoms with van der Waals surface area (Å²) in [5, 5.41) is 7.80. The number of hydrogen-bond donors (Lipinski definition) is 2. The van der Waals surface area contributed by atoms with Crippen LogP contribution >= 0.6 is 0 Å². The molecule has 2 aromatic carbocycles. The highest BCUT2D eigenvalue weighted by Crippen LogP contribution is 2.28. The highest BCUT2D eigenvalue weighted by Gasteiger charge is 2.23. The summed E-state index contributed by atoms with van der Waals surface area (Å²) in [5.41, 5.74) is 3.04. The number of carbonyl (C=O) groups is 1. The van der Waals surface area contributed by atoms with Crippen molar-refractivity contribution in [2.45, 2.75) is 70.8 Å². The molecule has 6 nitrogen and oxygen atoms in total. The average Bonchev–Trinajstić information content (AvgIpc) is 2.90. The molecule has 1 heterocycles. The van der Waals surface area contributed by atoms with Gasteiger partial charge in [0.05, 0.1) is 5.52 Å². The van der Waals surface area contributed by atoms with Gasteiger partial charge >= 0.3 is 0 Å². The zero-order valence-corrected chi connectivity index (χ0v) is 22.1. The number of unbranched alkanes of at least 4 members (excludes halogenated alkanes) is 3. The third-order valence-corrected chi connectivity index (χ3v) is 7.27. The first-order valence-electron chi connectivity index (χ1n) is 13.6. The first-order valence-corrected chi connectivity index (χ1v) is 13.6. The number of anilines is 2. The Morgan fingerprint density at radius 2 is 1.69 bits per heavy atom. The summed E-state index contributed by atoms with van der Waals surface area (Å²) >= 11 is 0. The minimum Gasteiger partial charge on any atom is -0.362 e. The maximum atomic E-state index is 12.7. The fourth-order valence-electron chi connectivity index (χ4n) is 5.08. The van der Waals surface area contributed by atoms with E-state index in [2.05, 4.69) is 35.8 Å². The molecule has 2 N–H and O–H groups in total. The molecule has 0 aliphatic heterocycles. The Kier molecular flexibility index (Phi) is 9.15. The van der Waals surface area contributed by atoms with Gasteiger partial charge in [-0.1, -0.05) is 50.5 Å². The van der Waals surface area contributed by atoms with Crippen molar-refractivity contribution >= 4 is 28.6 Å². The van der Waals surface area contributed by atoms with Crippen molar-refractivity contribution in [1.29, 1.82) is 0 Å². The van der Waals surface area contributed by atoms with Gasteiger partial charge in [-0.05, 0) is 74.3 Å². The normalized spacial score (nSPS) is 17.6. The number of amides is 1. The number of para-hydroxylation sites is 1. The number of aryl methyl sites for hydroxylation is 1. The molecule has 1 aliphatic rings. The molecule has 192 valence electrons. The maximum absolute atomic E-state index is 12.7. The molecule has 6 heteroatoms. The van der Waals surface area contributed by atoms with Gasteiger partial charge in [0, 0.05) is 37.6 Å². The van der Waals surface area contributed by atoms with Crippen molar-refractivity contribution in [3.63, 3.8) is 0 Å². The Morgan fingerprint density at radius 1 is 0.944 bits per heavy atom. The minimum absolute atomic E-state index is 0.0357. The Labute approximate surface area is 215 Å². The Balaban J connectivity index is 1.23. The van der Waals surface area contributed by atoms with Gasteiger partial charge in [0.15, 0.2) is 0 Å². The van der Waals surface area contributed by atoms with Crippen molar-refractivity contribution < 1.29 is 4.79 Å². The largest absolute Gasteiger partial charge is 0.362 e. The van der Waals surface area contributed by atoms with Gasteiger partial charge in [0.25, 0.3) is 5.91 Å². The summed E-state index contributed by atoms with van der Waals surface area (Å²) in [5.74, 6) is 2.18. The highest BCUT2D eigenvalue weighted by molar-refractivity contribution is 5.94. The van der Waals surface area contributed by atoms with Crippen molar-refractivity contribution in [3.8, 4) is 0 Å². The van der Waals surface area contributed by atoms with E-state index in [0.717, 1.165) is 60.9 Å². The van der Waals surface area contributed by atoms with E-state index < -0.39 is 0 Å². The molecule has 36 heavy (non-hydrogen) atoms. The molecule has 4 rings (SSSR count). The van der Waals surface area contributed by atoms with E-state index in [1.165, 1.54) is 31.2 Å².